The third-order valence-corrected chi connectivity index (χ3v) is 3.87. The normalized spacial score (nSPS) is 21.1. The highest BCUT2D eigenvalue weighted by molar-refractivity contribution is 5.20. The van der Waals surface area contributed by atoms with Crippen molar-refractivity contribution >= 4 is 0 Å². The zero-order chi connectivity index (χ0) is 13.5. The number of nitrogens with one attached hydrogen (secondary N) is 1. The smallest absolute Gasteiger partial charge is 0.213 e. The van der Waals surface area contributed by atoms with Crippen LogP contribution in [-0.2, 0) is 6.54 Å². The molecule has 0 saturated carbocycles. The first-order valence-corrected chi connectivity index (χ1v) is 7.26. The molecule has 1 unspecified atom stereocenters. The van der Waals surface area contributed by atoms with Gasteiger partial charge in [0, 0.05) is 24.8 Å². The molecule has 2 rings (SSSR count). The van der Waals surface area contributed by atoms with Gasteiger partial charge in [0.2, 0.25) is 5.88 Å². The highest BCUT2D eigenvalue weighted by atomic mass is 16.5. The number of rotatable bonds is 5. The number of hydrogen-bond donors (Lipinski definition) is 1. The minimum Gasteiger partial charge on any atom is -0.481 e. The molecular weight excluding hydrogens is 238 g/mol. The maximum Gasteiger partial charge on any atom is 0.213 e. The van der Waals surface area contributed by atoms with Crippen LogP contribution in [0.15, 0.2) is 18.3 Å². The van der Waals surface area contributed by atoms with E-state index in [0.717, 1.165) is 6.54 Å². The second kappa shape index (κ2) is 7.46. The van der Waals surface area contributed by atoms with Gasteiger partial charge in [0.05, 0.1) is 7.11 Å². The molecule has 4 heteroatoms. The first-order valence-electron chi connectivity index (χ1n) is 7.26. The zero-order valence-electron chi connectivity index (χ0n) is 12.1. The maximum atomic E-state index is 5.15. The predicted octanol–water partition coefficient (Wildman–Crippen LogP) is 2.05. The van der Waals surface area contributed by atoms with E-state index in [4.69, 9.17) is 4.74 Å². The van der Waals surface area contributed by atoms with Crippen LogP contribution in [0.1, 0.15) is 31.7 Å². The van der Waals surface area contributed by atoms with Crippen LogP contribution in [0.5, 0.6) is 5.88 Å². The van der Waals surface area contributed by atoms with Crippen LogP contribution in [0.25, 0.3) is 0 Å². The fourth-order valence-electron chi connectivity index (χ4n) is 2.61. The monoisotopic (exact) mass is 263 g/mol. The van der Waals surface area contributed by atoms with E-state index in [-0.39, 0.29) is 0 Å². The van der Waals surface area contributed by atoms with E-state index in [9.17, 15) is 0 Å². The van der Waals surface area contributed by atoms with Gasteiger partial charge >= 0.3 is 0 Å². The van der Waals surface area contributed by atoms with Gasteiger partial charge in [-0.05, 0) is 50.5 Å². The van der Waals surface area contributed by atoms with Crippen LogP contribution in [0.4, 0.5) is 0 Å². The van der Waals surface area contributed by atoms with Crippen molar-refractivity contribution in [3.05, 3.63) is 23.9 Å². The zero-order valence-corrected chi connectivity index (χ0v) is 12.1. The van der Waals surface area contributed by atoms with Gasteiger partial charge in [-0.25, -0.2) is 4.98 Å². The number of nitrogens with zero attached hydrogens (tertiary/aromatic N) is 2. The van der Waals surface area contributed by atoms with E-state index in [1.54, 1.807) is 7.11 Å². The molecule has 4 nitrogen and oxygen atoms in total. The summed E-state index contributed by atoms with van der Waals surface area (Å²) in [6.07, 6.45) is 5.63. The molecule has 0 bridgehead atoms. The molecule has 1 aliphatic heterocycles. The van der Waals surface area contributed by atoms with E-state index in [0.29, 0.717) is 11.9 Å². The molecule has 1 aromatic rings. The molecule has 0 spiro atoms. The standard InChI is InChI=1S/C15H25N3O/c1-3-18-9-4-5-14(7-10-18)17-12-13-6-8-16-15(11-13)19-2/h6,8,11,14,17H,3-5,7,9-10,12H2,1-2H3. The number of aromatic nitrogens is 1. The molecule has 0 amide bonds. The van der Waals surface area contributed by atoms with Crippen molar-refractivity contribution < 1.29 is 4.74 Å². The Hall–Kier alpha value is -1.13. The van der Waals surface area contributed by atoms with Gasteiger partial charge in [0.15, 0.2) is 0 Å². The Kier molecular flexibility index (Phi) is 5.61. The summed E-state index contributed by atoms with van der Waals surface area (Å²) in [6, 6.07) is 4.68. The Morgan fingerprint density at radius 3 is 3.11 bits per heavy atom. The molecule has 0 radical (unpaired) electrons. The van der Waals surface area contributed by atoms with Crippen LogP contribution in [0.2, 0.25) is 0 Å². The molecular formula is C15H25N3O. The topological polar surface area (TPSA) is 37.4 Å². The number of ether oxygens (including phenoxy) is 1. The highest BCUT2D eigenvalue weighted by Crippen LogP contribution is 2.13. The minimum absolute atomic E-state index is 0.635. The Morgan fingerprint density at radius 2 is 2.32 bits per heavy atom. The van der Waals surface area contributed by atoms with Gasteiger partial charge in [0.25, 0.3) is 0 Å². The fraction of sp³-hybridized carbons (Fsp3) is 0.667. The van der Waals surface area contributed by atoms with E-state index >= 15 is 0 Å². The largest absolute Gasteiger partial charge is 0.481 e. The summed E-state index contributed by atoms with van der Waals surface area (Å²) in [5.41, 5.74) is 1.24. The quantitative estimate of drug-likeness (QED) is 0.882. The van der Waals surface area contributed by atoms with Gasteiger partial charge in [-0.15, -0.1) is 0 Å². The molecule has 1 aromatic heterocycles. The van der Waals surface area contributed by atoms with Crippen LogP contribution in [0.3, 0.4) is 0 Å². The second-order valence-corrected chi connectivity index (χ2v) is 5.15. The van der Waals surface area contributed by atoms with Crippen LogP contribution >= 0.6 is 0 Å². The van der Waals surface area contributed by atoms with Crippen molar-refractivity contribution in [3.8, 4) is 5.88 Å². The first-order chi connectivity index (χ1) is 9.31. The molecule has 19 heavy (non-hydrogen) atoms. The lowest BCUT2D eigenvalue weighted by Crippen LogP contribution is -2.30. The average molecular weight is 263 g/mol. The second-order valence-electron chi connectivity index (χ2n) is 5.15. The molecule has 1 saturated heterocycles. The van der Waals surface area contributed by atoms with Crippen molar-refractivity contribution in [2.45, 2.75) is 38.8 Å². The molecule has 106 valence electrons. The summed E-state index contributed by atoms with van der Waals surface area (Å²) in [5.74, 6) is 0.692. The van der Waals surface area contributed by atoms with Crippen LogP contribution in [-0.4, -0.2) is 42.7 Å². The van der Waals surface area contributed by atoms with Crippen molar-refractivity contribution in [2.24, 2.45) is 0 Å². The summed E-state index contributed by atoms with van der Waals surface area (Å²) in [7, 11) is 1.66. The summed E-state index contributed by atoms with van der Waals surface area (Å²) in [6.45, 7) is 6.78. The molecule has 1 N–H and O–H groups in total. The molecule has 1 aliphatic rings. The van der Waals surface area contributed by atoms with Crippen LogP contribution in [0, 0.1) is 0 Å². The van der Waals surface area contributed by atoms with E-state index in [2.05, 4.69) is 22.1 Å². The lowest BCUT2D eigenvalue weighted by atomic mass is 10.1. The van der Waals surface area contributed by atoms with Crippen molar-refractivity contribution in [1.29, 1.82) is 0 Å². The summed E-state index contributed by atoms with van der Waals surface area (Å²) >= 11 is 0. The maximum absolute atomic E-state index is 5.15. The first kappa shape index (κ1) is 14.3. The van der Waals surface area contributed by atoms with E-state index in [1.165, 1.54) is 44.5 Å². The van der Waals surface area contributed by atoms with Gasteiger partial charge in [-0.2, -0.15) is 0 Å². The SMILES string of the molecule is CCN1CCCC(NCc2ccnc(OC)c2)CC1. The van der Waals surface area contributed by atoms with Gasteiger partial charge in [0.1, 0.15) is 0 Å². The predicted molar refractivity (Wildman–Crippen MR) is 77.4 cm³/mol. The van der Waals surface area contributed by atoms with E-state index in [1.807, 2.05) is 18.3 Å². The van der Waals surface area contributed by atoms with Gasteiger partial charge < -0.3 is 15.0 Å². The molecule has 1 fully saturated rings. The van der Waals surface area contributed by atoms with Crippen molar-refractivity contribution in [1.82, 2.24) is 15.2 Å². The number of likely N-dealkylation sites (tertiary alicyclic amines) is 1. The third-order valence-electron chi connectivity index (χ3n) is 3.87. The van der Waals surface area contributed by atoms with Crippen molar-refractivity contribution in [2.75, 3.05) is 26.7 Å². The lowest BCUT2D eigenvalue weighted by molar-refractivity contribution is 0.297. The summed E-state index contributed by atoms with van der Waals surface area (Å²) in [5, 5.41) is 3.66. The number of methoxy groups -OCH3 is 1. The Morgan fingerprint density at radius 1 is 1.42 bits per heavy atom. The number of hydrogen-bond acceptors (Lipinski definition) is 4. The van der Waals surface area contributed by atoms with Crippen molar-refractivity contribution in [3.63, 3.8) is 0 Å². The lowest BCUT2D eigenvalue weighted by Gasteiger charge is -2.18. The molecule has 1 atom stereocenters. The fourth-order valence-corrected chi connectivity index (χ4v) is 2.61. The molecule has 0 aliphatic carbocycles. The summed E-state index contributed by atoms with van der Waals surface area (Å²) < 4.78 is 5.15. The van der Waals surface area contributed by atoms with Crippen LogP contribution < -0.4 is 10.1 Å². The van der Waals surface area contributed by atoms with Gasteiger partial charge in [-0.3, -0.25) is 0 Å². The van der Waals surface area contributed by atoms with E-state index < -0.39 is 0 Å². The average Bonchev–Trinajstić information content (AvgIpc) is 2.70. The Bertz CT molecular complexity index is 383. The molecule has 2 heterocycles. The molecule has 0 aromatic carbocycles. The summed E-state index contributed by atoms with van der Waals surface area (Å²) in [4.78, 5) is 6.67. The minimum atomic E-state index is 0.635. The number of pyridine rings is 1. The van der Waals surface area contributed by atoms with Gasteiger partial charge in [-0.1, -0.05) is 6.92 Å². The third kappa shape index (κ3) is 4.48. The highest BCUT2D eigenvalue weighted by Gasteiger charge is 2.15. The Labute approximate surface area is 116 Å². The Balaban J connectivity index is 1.81.